The summed E-state index contributed by atoms with van der Waals surface area (Å²) in [6, 6.07) is 6.82. The summed E-state index contributed by atoms with van der Waals surface area (Å²) >= 11 is 0. The molecule has 0 spiro atoms. The lowest BCUT2D eigenvalue weighted by Crippen LogP contribution is -2.44. The smallest absolute Gasteiger partial charge is 0.146 e. The van der Waals surface area contributed by atoms with Crippen molar-refractivity contribution < 1.29 is 4.39 Å². The SMILES string of the molecule is Fc1ccccc1NCCCN1CCNCC1. The highest BCUT2D eigenvalue weighted by Gasteiger charge is 2.08. The van der Waals surface area contributed by atoms with Gasteiger partial charge in [-0.1, -0.05) is 12.1 Å². The van der Waals surface area contributed by atoms with E-state index in [-0.39, 0.29) is 5.82 Å². The van der Waals surface area contributed by atoms with Crippen molar-refractivity contribution in [3.8, 4) is 0 Å². The fraction of sp³-hybridized carbons (Fsp3) is 0.538. The summed E-state index contributed by atoms with van der Waals surface area (Å²) in [5, 5.41) is 6.47. The quantitative estimate of drug-likeness (QED) is 0.761. The number of para-hydroxylation sites is 1. The van der Waals surface area contributed by atoms with Crippen LogP contribution < -0.4 is 10.6 Å². The van der Waals surface area contributed by atoms with Gasteiger partial charge in [-0.3, -0.25) is 0 Å². The molecule has 1 aliphatic heterocycles. The van der Waals surface area contributed by atoms with Crippen LogP contribution in [0.4, 0.5) is 10.1 Å². The molecule has 0 saturated carbocycles. The van der Waals surface area contributed by atoms with Gasteiger partial charge in [0.1, 0.15) is 5.82 Å². The van der Waals surface area contributed by atoms with Crippen LogP contribution in [0.25, 0.3) is 0 Å². The van der Waals surface area contributed by atoms with Gasteiger partial charge in [0.25, 0.3) is 0 Å². The van der Waals surface area contributed by atoms with E-state index in [4.69, 9.17) is 0 Å². The van der Waals surface area contributed by atoms with Crippen molar-refractivity contribution >= 4 is 5.69 Å². The maximum absolute atomic E-state index is 13.3. The minimum absolute atomic E-state index is 0.172. The maximum Gasteiger partial charge on any atom is 0.146 e. The van der Waals surface area contributed by atoms with Crippen LogP contribution >= 0.6 is 0 Å². The molecular weight excluding hydrogens is 217 g/mol. The summed E-state index contributed by atoms with van der Waals surface area (Å²) in [4.78, 5) is 2.44. The zero-order valence-electron chi connectivity index (χ0n) is 10.1. The number of benzene rings is 1. The molecule has 1 heterocycles. The summed E-state index contributed by atoms with van der Waals surface area (Å²) in [7, 11) is 0. The van der Waals surface area contributed by atoms with E-state index >= 15 is 0 Å². The molecule has 0 atom stereocenters. The lowest BCUT2D eigenvalue weighted by Gasteiger charge is -2.27. The monoisotopic (exact) mass is 237 g/mol. The molecule has 17 heavy (non-hydrogen) atoms. The Morgan fingerprint density at radius 2 is 2.00 bits per heavy atom. The van der Waals surface area contributed by atoms with E-state index in [0.29, 0.717) is 5.69 Å². The summed E-state index contributed by atoms with van der Waals surface area (Å²) in [5.74, 6) is -0.172. The number of hydrogen-bond acceptors (Lipinski definition) is 3. The number of anilines is 1. The summed E-state index contributed by atoms with van der Waals surface area (Å²) < 4.78 is 13.3. The Morgan fingerprint density at radius 1 is 1.24 bits per heavy atom. The summed E-state index contributed by atoms with van der Waals surface area (Å²) in [5.41, 5.74) is 0.604. The molecule has 2 rings (SSSR count). The summed E-state index contributed by atoms with van der Waals surface area (Å²) in [6.45, 7) is 6.33. The molecule has 94 valence electrons. The number of rotatable bonds is 5. The van der Waals surface area contributed by atoms with Gasteiger partial charge in [0.2, 0.25) is 0 Å². The second-order valence-corrected chi connectivity index (χ2v) is 4.35. The predicted molar refractivity (Wildman–Crippen MR) is 68.8 cm³/mol. The van der Waals surface area contributed by atoms with Crippen molar-refractivity contribution in [3.63, 3.8) is 0 Å². The largest absolute Gasteiger partial charge is 0.383 e. The third kappa shape index (κ3) is 3.98. The first-order chi connectivity index (χ1) is 8.36. The minimum Gasteiger partial charge on any atom is -0.383 e. The summed E-state index contributed by atoms with van der Waals surface area (Å²) in [6.07, 6.45) is 1.05. The third-order valence-corrected chi connectivity index (χ3v) is 3.05. The molecule has 4 heteroatoms. The minimum atomic E-state index is -0.172. The molecular formula is C13H20FN3. The maximum atomic E-state index is 13.3. The lowest BCUT2D eigenvalue weighted by atomic mass is 10.3. The Bertz CT molecular complexity index is 337. The van der Waals surface area contributed by atoms with Gasteiger partial charge in [-0.05, 0) is 25.1 Å². The molecule has 1 aromatic rings. The van der Waals surface area contributed by atoms with E-state index < -0.39 is 0 Å². The average molecular weight is 237 g/mol. The van der Waals surface area contributed by atoms with Crippen molar-refractivity contribution in [2.24, 2.45) is 0 Å². The highest BCUT2D eigenvalue weighted by Crippen LogP contribution is 2.11. The van der Waals surface area contributed by atoms with Crippen molar-refractivity contribution in [1.82, 2.24) is 10.2 Å². The van der Waals surface area contributed by atoms with Gasteiger partial charge in [0.15, 0.2) is 0 Å². The van der Waals surface area contributed by atoms with Gasteiger partial charge in [0.05, 0.1) is 5.69 Å². The Balaban J connectivity index is 1.64. The topological polar surface area (TPSA) is 27.3 Å². The normalized spacial score (nSPS) is 17.0. The molecule has 0 aromatic heterocycles. The van der Waals surface area contributed by atoms with E-state index in [2.05, 4.69) is 15.5 Å². The van der Waals surface area contributed by atoms with Crippen LogP contribution in [0.1, 0.15) is 6.42 Å². The van der Waals surface area contributed by atoms with E-state index in [1.165, 1.54) is 6.07 Å². The molecule has 2 N–H and O–H groups in total. The molecule has 1 aliphatic rings. The molecule has 0 radical (unpaired) electrons. The molecule has 1 aromatic carbocycles. The van der Waals surface area contributed by atoms with Crippen LogP contribution in [0.15, 0.2) is 24.3 Å². The van der Waals surface area contributed by atoms with Crippen molar-refractivity contribution in [1.29, 1.82) is 0 Å². The number of nitrogens with zero attached hydrogens (tertiary/aromatic N) is 1. The van der Waals surface area contributed by atoms with Crippen LogP contribution in [0.3, 0.4) is 0 Å². The van der Waals surface area contributed by atoms with Crippen molar-refractivity contribution in [2.75, 3.05) is 44.6 Å². The predicted octanol–water partition coefficient (Wildman–Crippen LogP) is 1.53. The Morgan fingerprint density at radius 3 is 2.76 bits per heavy atom. The molecule has 0 bridgehead atoms. The number of nitrogens with one attached hydrogen (secondary N) is 2. The van der Waals surface area contributed by atoms with E-state index in [0.717, 1.165) is 45.7 Å². The highest BCUT2D eigenvalue weighted by atomic mass is 19.1. The van der Waals surface area contributed by atoms with Crippen molar-refractivity contribution in [3.05, 3.63) is 30.1 Å². The standard InChI is InChI=1S/C13H20FN3/c14-12-4-1-2-5-13(12)16-6-3-9-17-10-7-15-8-11-17/h1-2,4-5,15-16H,3,6-11H2. The molecule has 0 aliphatic carbocycles. The first-order valence-corrected chi connectivity index (χ1v) is 6.28. The second-order valence-electron chi connectivity index (χ2n) is 4.35. The van der Waals surface area contributed by atoms with Crippen LogP contribution in [-0.2, 0) is 0 Å². The number of halogens is 1. The number of hydrogen-bond donors (Lipinski definition) is 2. The van der Waals surface area contributed by atoms with Crippen LogP contribution in [-0.4, -0.2) is 44.2 Å². The highest BCUT2D eigenvalue weighted by molar-refractivity contribution is 5.44. The van der Waals surface area contributed by atoms with E-state index in [1.807, 2.05) is 6.07 Å². The fourth-order valence-corrected chi connectivity index (χ4v) is 2.07. The molecule has 3 nitrogen and oxygen atoms in total. The van der Waals surface area contributed by atoms with E-state index in [1.54, 1.807) is 12.1 Å². The fourth-order valence-electron chi connectivity index (χ4n) is 2.07. The molecule has 1 fully saturated rings. The van der Waals surface area contributed by atoms with Crippen molar-refractivity contribution in [2.45, 2.75) is 6.42 Å². The van der Waals surface area contributed by atoms with Crippen LogP contribution in [0.5, 0.6) is 0 Å². The first kappa shape index (κ1) is 12.3. The Hall–Kier alpha value is -1.13. The van der Waals surface area contributed by atoms with Gasteiger partial charge < -0.3 is 15.5 Å². The Kier molecular flexibility index (Phi) is 4.76. The van der Waals surface area contributed by atoms with Gasteiger partial charge in [-0.15, -0.1) is 0 Å². The first-order valence-electron chi connectivity index (χ1n) is 6.28. The van der Waals surface area contributed by atoms with Gasteiger partial charge >= 0.3 is 0 Å². The molecule has 0 unspecified atom stereocenters. The van der Waals surface area contributed by atoms with Gasteiger partial charge in [-0.2, -0.15) is 0 Å². The molecule has 0 amide bonds. The Labute approximate surface area is 102 Å². The number of piperazine rings is 1. The van der Waals surface area contributed by atoms with Crippen LogP contribution in [0.2, 0.25) is 0 Å². The van der Waals surface area contributed by atoms with Crippen LogP contribution in [0, 0.1) is 5.82 Å². The van der Waals surface area contributed by atoms with Gasteiger partial charge in [-0.25, -0.2) is 4.39 Å². The van der Waals surface area contributed by atoms with E-state index in [9.17, 15) is 4.39 Å². The zero-order valence-corrected chi connectivity index (χ0v) is 10.1. The molecule has 1 saturated heterocycles. The average Bonchev–Trinajstić information content (AvgIpc) is 2.38. The third-order valence-electron chi connectivity index (χ3n) is 3.05. The lowest BCUT2D eigenvalue weighted by molar-refractivity contribution is 0.240. The second kappa shape index (κ2) is 6.57. The van der Waals surface area contributed by atoms with Gasteiger partial charge in [0, 0.05) is 32.7 Å². The zero-order chi connectivity index (χ0) is 11.9.